The van der Waals surface area contributed by atoms with Gasteiger partial charge < -0.3 is 24.6 Å². The fourth-order valence-electron chi connectivity index (χ4n) is 3.22. The minimum absolute atomic E-state index is 0.113. The minimum Gasteiger partial charge on any atom is -0.383 e. The Bertz CT molecular complexity index is 819. The van der Waals surface area contributed by atoms with E-state index >= 15 is 0 Å². The van der Waals surface area contributed by atoms with E-state index in [1.165, 1.54) is 23.9 Å². The van der Waals surface area contributed by atoms with E-state index in [0.29, 0.717) is 6.42 Å². The highest BCUT2D eigenvalue weighted by Crippen LogP contribution is 2.52. The third kappa shape index (κ3) is 6.82. The summed E-state index contributed by atoms with van der Waals surface area (Å²) < 4.78 is 24.6. The van der Waals surface area contributed by atoms with E-state index in [4.69, 9.17) is 36.1 Å². The molecule has 11 heteroatoms. The van der Waals surface area contributed by atoms with E-state index in [0.717, 1.165) is 0 Å². The first-order valence-corrected chi connectivity index (χ1v) is 12.0. The molecule has 0 amide bonds. The fraction of sp³-hybridized carbons (Fsp3) is 0.778. The lowest BCUT2D eigenvalue weighted by Gasteiger charge is -2.32. The molecule has 1 aliphatic heterocycles. The van der Waals surface area contributed by atoms with Crippen molar-refractivity contribution in [3.63, 3.8) is 0 Å². The van der Waals surface area contributed by atoms with Crippen molar-refractivity contribution < 1.29 is 23.4 Å². The molecule has 1 fully saturated rings. The van der Waals surface area contributed by atoms with Gasteiger partial charge in [0.05, 0.1) is 11.7 Å². The van der Waals surface area contributed by atoms with E-state index in [2.05, 4.69) is 25.8 Å². The van der Waals surface area contributed by atoms with Crippen LogP contribution in [-0.4, -0.2) is 45.5 Å². The van der Waals surface area contributed by atoms with Crippen LogP contribution in [0.15, 0.2) is 17.1 Å². The van der Waals surface area contributed by atoms with Crippen molar-refractivity contribution in [3.05, 3.63) is 22.7 Å². The zero-order valence-corrected chi connectivity index (χ0v) is 19.7. The average molecular weight is 450 g/mol. The van der Waals surface area contributed by atoms with Gasteiger partial charge in [0.2, 0.25) is 0 Å². The Morgan fingerprint density at radius 3 is 2.41 bits per heavy atom. The third-order valence-electron chi connectivity index (χ3n) is 4.14. The topological polar surface area (TPSA) is 118 Å². The number of anilines is 1. The maximum atomic E-state index is 12.4. The molecule has 29 heavy (non-hydrogen) atoms. The largest absolute Gasteiger partial charge is 0.383 e. The Hall–Kier alpha value is -0.870. The summed E-state index contributed by atoms with van der Waals surface area (Å²) in [4.78, 5) is 26.8. The quantitative estimate of drug-likeness (QED) is 0.632. The lowest BCUT2D eigenvalue weighted by Crippen LogP contribution is -2.39. The summed E-state index contributed by atoms with van der Waals surface area (Å²) in [5.41, 5.74) is 4.22. The SMILES string of the molecule is CO[C@@H]1[C@H](OP(O)(=S)OC(C)(C)C)[C@@H](CC(C)(C)C)O[C@H]1n1ccc(N)nc1=O. The molecule has 1 unspecified atom stereocenters. The number of ether oxygens (including phenoxy) is 2. The van der Waals surface area contributed by atoms with Crippen LogP contribution in [0.4, 0.5) is 5.82 Å². The molecule has 0 aliphatic carbocycles. The van der Waals surface area contributed by atoms with Gasteiger partial charge in [0.25, 0.3) is 0 Å². The van der Waals surface area contributed by atoms with Crippen LogP contribution in [0.25, 0.3) is 0 Å². The van der Waals surface area contributed by atoms with Gasteiger partial charge in [0.15, 0.2) is 6.23 Å². The lowest BCUT2D eigenvalue weighted by molar-refractivity contribution is -0.0592. The number of hydrogen-bond acceptors (Lipinski definition) is 8. The van der Waals surface area contributed by atoms with Crippen molar-refractivity contribution in [1.82, 2.24) is 9.55 Å². The van der Waals surface area contributed by atoms with Crippen molar-refractivity contribution >= 4 is 24.3 Å². The second kappa shape index (κ2) is 8.70. The molecule has 0 saturated carbocycles. The number of nitrogens with two attached hydrogens (primary N) is 1. The molecule has 0 aromatic carbocycles. The summed E-state index contributed by atoms with van der Waals surface area (Å²) in [5, 5.41) is 0. The summed E-state index contributed by atoms with van der Waals surface area (Å²) in [6, 6.07) is 1.50. The van der Waals surface area contributed by atoms with E-state index in [9.17, 15) is 9.69 Å². The molecule has 166 valence electrons. The second-order valence-corrected chi connectivity index (χ2v) is 12.0. The third-order valence-corrected chi connectivity index (χ3v) is 5.91. The van der Waals surface area contributed by atoms with Crippen LogP contribution in [0.1, 0.15) is 54.2 Å². The normalized spacial score (nSPS) is 27.7. The highest BCUT2D eigenvalue weighted by molar-refractivity contribution is 8.07. The van der Waals surface area contributed by atoms with Gasteiger partial charge >= 0.3 is 12.4 Å². The van der Waals surface area contributed by atoms with E-state index in [1.807, 2.05) is 0 Å². The molecule has 1 saturated heterocycles. The van der Waals surface area contributed by atoms with Crippen molar-refractivity contribution in [2.45, 2.75) is 78.1 Å². The van der Waals surface area contributed by atoms with Crippen molar-refractivity contribution in [3.8, 4) is 0 Å². The van der Waals surface area contributed by atoms with Crippen LogP contribution in [-0.2, 0) is 30.3 Å². The number of rotatable bonds is 6. The molecule has 1 aromatic heterocycles. The number of methoxy groups -OCH3 is 1. The van der Waals surface area contributed by atoms with Gasteiger partial charge in [0.1, 0.15) is 18.0 Å². The van der Waals surface area contributed by atoms with Gasteiger partial charge in [0, 0.05) is 13.3 Å². The number of hydrogen-bond donors (Lipinski definition) is 2. The molecular weight excluding hydrogens is 417 g/mol. The number of aromatic nitrogens is 2. The summed E-state index contributed by atoms with van der Waals surface area (Å²) in [7, 11) is 1.48. The highest BCUT2D eigenvalue weighted by atomic mass is 32.5. The first-order valence-electron chi connectivity index (χ1n) is 9.37. The Balaban J connectivity index is 2.41. The fourth-order valence-corrected chi connectivity index (χ4v) is 5.49. The minimum atomic E-state index is -3.60. The molecular formula is C18H32N3O6PS. The molecule has 0 spiro atoms. The van der Waals surface area contributed by atoms with Crippen molar-refractivity contribution in [1.29, 1.82) is 0 Å². The summed E-state index contributed by atoms with van der Waals surface area (Å²) in [6.07, 6.45) is -0.695. The van der Waals surface area contributed by atoms with Gasteiger partial charge in [-0.05, 0) is 50.5 Å². The monoisotopic (exact) mass is 449 g/mol. The Labute approximate surface area is 176 Å². The molecule has 0 bridgehead atoms. The van der Waals surface area contributed by atoms with Gasteiger partial charge in [-0.25, -0.2) is 4.79 Å². The highest BCUT2D eigenvalue weighted by Gasteiger charge is 2.50. The van der Waals surface area contributed by atoms with Gasteiger partial charge in [-0.2, -0.15) is 4.98 Å². The lowest BCUT2D eigenvalue weighted by atomic mass is 9.87. The first-order chi connectivity index (χ1) is 13.1. The molecule has 5 atom stereocenters. The predicted octanol–water partition coefficient (Wildman–Crippen LogP) is 2.59. The molecule has 1 aliphatic rings. The first kappa shape index (κ1) is 24.4. The van der Waals surface area contributed by atoms with Gasteiger partial charge in [-0.3, -0.25) is 9.09 Å². The van der Waals surface area contributed by atoms with Crippen LogP contribution in [0, 0.1) is 5.41 Å². The van der Waals surface area contributed by atoms with Crippen LogP contribution < -0.4 is 11.4 Å². The van der Waals surface area contributed by atoms with Crippen molar-refractivity contribution in [2.24, 2.45) is 5.41 Å². The average Bonchev–Trinajstić information content (AvgIpc) is 2.79. The summed E-state index contributed by atoms with van der Waals surface area (Å²) in [5.74, 6) is 0.113. The van der Waals surface area contributed by atoms with Gasteiger partial charge in [-0.15, -0.1) is 0 Å². The summed E-state index contributed by atoms with van der Waals surface area (Å²) in [6.45, 7) is 7.90. The van der Waals surface area contributed by atoms with E-state index in [1.54, 1.807) is 20.8 Å². The number of nitrogens with zero attached hydrogens (tertiary/aromatic N) is 2. The Kier molecular flexibility index (Phi) is 7.32. The maximum Gasteiger partial charge on any atom is 0.351 e. The standard InChI is InChI=1S/C18H32N3O6PS/c1-17(2,3)10-11-13(26-28(23,29)27-18(4,5)6)14(24-7)15(25-11)21-9-8-12(19)20-16(21)22/h8-9,11,13-15H,10H2,1-7H3,(H,23,29)(H2,19,20,22)/t11-,13-,14-,15-,28?/m1/s1. The van der Waals surface area contributed by atoms with Crippen LogP contribution in [0.3, 0.4) is 0 Å². The van der Waals surface area contributed by atoms with E-state index < -0.39 is 42.5 Å². The molecule has 2 rings (SSSR count). The summed E-state index contributed by atoms with van der Waals surface area (Å²) >= 11 is 5.24. The number of nitrogen functional groups attached to an aromatic ring is 1. The Morgan fingerprint density at radius 1 is 1.31 bits per heavy atom. The molecule has 9 nitrogen and oxygen atoms in total. The van der Waals surface area contributed by atoms with Crippen LogP contribution in [0.2, 0.25) is 0 Å². The maximum absolute atomic E-state index is 12.4. The van der Waals surface area contributed by atoms with Crippen molar-refractivity contribution in [2.75, 3.05) is 12.8 Å². The van der Waals surface area contributed by atoms with E-state index in [-0.39, 0.29) is 11.2 Å². The predicted molar refractivity (Wildman–Crippen MR) is 114 cm³/mol. The zero-order valence-electron chi connectivity index (χ0n) is 18.0. The molecule has 2 heterocycles. The van der Waals surface area contributed by atoms with Gasteiger partial charge in [-0.1, -0.05) is 20.8 Å². The second-order valence-electron chi connectivity index (χ2n) is 9.31. The Morgan fingerprint density at radius 2 is 1.93 bits per heavy atom. The molecule has 3 N–H and O–H groups in total. The smallest absolute Gasteiger partial charge is 0.351 e. The molecule has 0 radical (unpaired) electrons. The molecule has 1 aromatic rings. The van der Waals surface area contributed by atoms with Crippen LogP contribution >= 0.6 is 6.72 Å². The van der Waals surface area contributed by atoms with Crippen LogP contribution in [0.5, 0.6) is 0 Å². The zero-order chi connectivity index (χ0) is 22.2.